The molecule has 9 nitrogen and oxygen atoms in total. The number of aromatic nitrogens is 5. The van der Waals surface area contributed by atoms with E-state index in [4.69, 9.17) is 0 Å². The first kappa shape index (κ1) is 18.5. The predicted molar refractivity (Wildman–Crippen MR) is 102 cm³/mol. The second-order valence-corrected chi connectivity index (χ2v) is 8.94. The van der Waals surface area contributed by atoms with Crippen molar-refractivity contribution in [2.24, 2.45) is 0 Å². The van der Waals surface area contributed by atoms with Gasteiger partial charge in [-0.15, -0.1) is 0 Å². The largest absolute Gasteiger partial charge is 0.384 e. The van der Waals surface area contributed by atoms with Gasteiger partial charge in [0.15, 0.2) is 11.5 Å². The predicted octanol–water partition coefficient (Wildman–Crippen LogP) is 0.938. The van der Waals surface area contributed by atoms with Gasteiger partial charge in [0.05, 0.1) is 12.2 Å². The third-order valence-electron chi connectivity index (χ3n) is 4.73. The van der Waals surface area contributed by atoms with Crippen molar-refractivity contribution in [2.75, 3.05) is 6.26 Å². The molecule has 3 aromatic heterocycles. The molecule has 2 bridgehead atoms. The highest BCUT2D eigenvalue weighted by molar-refractivity contribution is 7.90. The van der Waals surface area contributed by atoms with Crippen LogP contribution in [0.2, 0.25) is 0 Å². The quantitative estimate of drug-likeness (QED) is 0.476. The Morgan fingerprint density at radius 2 is 2.00 bits per heavy atom. The van der Waals surface area contributed by atoms with Crippen molar-refractivity contribution in [3.63, 3.8) is 0 Å². The summed E-state index contributed by atoms with van der Waals surface area (Å²) in [5, 5.41) is 10.6. The zero-order chi connectivity index (χ0) is 20.1. The fourth-order valence-electron chi connectivity index (χ4n) is 3.21. The summed E-state index contributed by atoms with van der Waals surface area (Å²) >= 11 is 0. The van der Waals surface area contributed by atoms with Gasteiger partial charge in [-0.05, 0) is 31.9 Å². The fourth-order valence-corrected chi connectivity index (χ4v) is 3.71. The summed E-state index contributed by atoms with van der Waals surface area (Å²) in [6.07, 6.45) is 7.05. The summed E-state index contributed by atoms with van der Waals surface area (Å²) in [4.78, 5) is 25.4. The van der Waals surface area contributed by atoms with Gasteiger partial charge in [-0.2, -0.15) is 4.98 Å². The Morgan fingerprint density at radius 1 is 1.21 bits per heavy atom. The molecule has 1 atom stereocenters. The number of rotatable bonds is 1. The normalized spacial score (nSPS) is 20.0. The van der Waals surface area contributed by atoms with Crippen molar-refractivity contribution in [2.45, 2.75) is 37.1 Å². The first-order chi connectivity index (χ1) is 13.2. The monoisotopic (exact) mass is 401 g/mol. The third kappa shape index (κ3) is 3.04. The van der Waals surface area contributed by atoms with Crippen molar-refractivity contribution in [3.8, 4) is 5.82 Å². The van der Waals surface area contributed by atoms with Gasteiger partial charge in [-0.3, -0.25) is 4.79 Å². The minimum atomic E-state index is -3.66. The van der Waals surface area contributed by atoms with Crippen LogP contribution in [-0.4, -0.2) is 44.1 Å². The maximum Gasteiger partial charge on any atom is 0.278 e. The Morgan fingerprint density at radius 3 is 2.75 bits per heavy atom. The van der Waals surface area contributed by atoms with Crippen molar-refractivity contribution < 1.29 is 13.5 Å². The summed E-state index contributed by atoms with van der Waals surface area (Å²) in [7, 11) is -3.66. The SMILES string of the molecule is CC1(O)CCC=CCn2c(=O)c3cnc(S(C)(=O)=O)nc3n2-c2cccc1n2. The molecular weight excluding hydrogens is 382 g/mol. The van der Waals surface area contributed by atoms with Crippen molar-refractivity contribution >= 4 is 20.9 Å². The number of hydrogen-bond acceptors (Lipinski definition) is 7. The van der Waals surface area contributed by atoms with E-state index in [0.717, 1.165) is 6.26 Å². The van der Waals surface area contributed by atoms with Crippen LogP contribution < -0.4 is 5.56 Å². The smallest absolute Gasteiger partial charge is 0.278 e. The summed E-state index contributed by atoms with van der Waals surface area (Å²) < 4.78 is 26.7. The molecule has 10 heteroatoms. The van der Waals surface area contributed by atoms with E-state index in [9.17, 15) is 18.3 Å². The molecule has 0 radical (unpaired) electrons. The molecule has 1 aliphatic rings. The maximum absolute atomic E-state index is 12.9. The lowest BCUT2D eigenvalue weighted by molar-refractivity contribution is 0.0443. The lowest BCUT2D eigenvalue weighted by atomic mass is 9.95. The highest BCUT2D eigenvalue weighted by atomic mass is 32.2. The van der Waals surface area contributed by atoms with E-state index in [1.54, 1.807) is 25.1 Å². The number of hydrogen-bond donors (Lipinski definition) is 1. The highest BCUT2D eigenvalue weighted by Gasteiger charge is 2.26. The zero-order valence-electron chi connectivity index (χ0n) is 15.4. The van der Waals surface area contributed by atoms with Crippen LogP contribution in [0.15, 0.2) is 46.5 Å². The van der Waals surface area contributed by atoms with E-state index in [1.807, 2.05) is 12.2 Å². The van der Waals surface area contributed by atoms with Crippen LogP contribution in [0.5, 0.6) is 0 Å². The first-order valence-electron chi connectivity index (χ1n) is 8.72. The molecule has 0 spiro atoms. The molecule has 0 amide bonds. The van der Waals surface area contributed by atoms with Crippen molar-refractivity contribution in [1.29, 1.82) is 0 Å². The third-order valence-corrected chi connectivity index (χ3v) is 5.59. The summed E-state index contributed by atoms with van der Waals surface area (Å²) in [6, 6.07) is 5.13. The van der Waals surface area contributed by atoms with Crippen LogP contribution in [0, 0.1) is 0 Å². The van der Waals surface area contributed by atoms with Gasteiger partial charge in [-0.25, -0.2) is 27.7 Å². The van der Waals surface area contributed by atoms with Crippen LogP contribution >= 0.6 is 0 Å². The zero-order valence-corrected chi connectivity index (χ0v) is 16.2. The lowest BCUT2D eigenvalue weighted by Gasteiger charge is -2.22. The molecule has 0 aromatic carbocycles. The van der Waals surface area contributed by atoms with E-state index < -0.39 is 15.4 Å². The summed E-state index contributed by atoms with van der Waals surface area (Å²) in [5.41, 5.74) is -0.889. The van der Waals surface area contributed by atoms with E-state index in [2.05, 4.69) is 15.0 Å². The fraction of sp³-hybridized carbons (Fsp3) is 0.333. The molecule has 28 heavy (non-hydrogen) atoms. The molecule has 4 rings (SSSR count). The Kier molecular flexibility index (Phi) is 4.20. The number of fused-ring (bicyclic) bond motifs is 6. The molecule has 0 fully saturated rings. The molecule has 1 aliphatic heterocycles. The lowest BCUT2D eigenvalue weighted by Crippen LogP contribution is -2.24. The van der Waals surface area contributed by atoms with E-state index in [0.29, 0.717) is 24.4 Å². The minimum Gasteiger partial charge on any atom is -0.384 e. The van der Waals surface area contributed by atoms with Crippen molar-refractivity contribution in [1.82, 2.24) is 24.3 Å². The number of nitrogens with zero attached hydrogens (tertiary/aromatic N) is 5. The molecule has 0 saturated heterocycles. The maximum atomic E-state index is 12.9. The Bertz CT molecular complexity index is 1270. The van der Waals surface area contributed by atoms with Gasteiger partial charge in [0, 0.05) is 12.5 Å². The average Bonchev–Trinajstić information content (AvgIpc) is 2.91. The van der Waals surface area contributed by atoms with Gasteiger partial charge in [0.25, 0.3) is 5.56 Å². The van der Waals surface area contributed by atoms with Gasteiger partial charge in [0.1, 0.15) is 11.0 Å². The summed E-state index contributed by atoms with van der Waals surface area (Å²) in [6.45, 7) is 1.94. The second kappa shape index (κ2) is 6.35. The van der Waals surface area contributed by atoms with Gasteiger partial charge >= 0.3 is 0 Å². The molecule has 0 aliphatic carbocycles. The number of aliphatic hydroxyl groups is 1. The van der Waals surface area contributed by atoms with Gasteiger partial charge in [-0.1, -0.05) is 18.2 Å². The number of sulfone groups is 1. The van der Waals surface area contributed by atoms with Crippen LogP contribution in [0.4, 0.5) is 0 Å². The summed E-state index contributed by atoms with van der Waals surface area (Å²) in [5.74, 6) is 0.360. The molecule has 1 unspecified atom stereocenters. The van der Waals surface area contributed by atoms with Gasteiger partial charge in [0.2, 0.25) is 15.0 Å². The van der Waals surface area contributed by atoms with Gasteiger partial charge < -0.3 is 5.11 Å². The van der Waals surface area contributed by atoms with E-state index in [-0.39, 0.29) is 28.3 Å². The number of allylic oxidation sites excluding steroid dienone is 2. The van der Waals surface area contributed by atoms with Crippen molar-refractivity contribution in [3.05, 3.63) is 52.6 Å². The van der Waals surface area contributed by atoms with Crippen LogP contribution in [0.25, 0.3) is 16.9 Å². The molecule has 0 saturated carbocycles. The first-order valence-corrected chi connectivity index (χ1v) is 10.6. The van der Waals surface area contributed by atoms with E-state index in [1.165, 1.54) is 15.6 Å². The highest BCUT2D eigenvalue weighted by Crippen LogP contribution is 2.26. The standard InChI is InChI=1S/C18H19N5O4S/c1-18(25)9-4-3-5-10-22-16(24)12-11-19-17(28(2,26)27)21-15(12)23(22)14-8-6-7-13(18)20-14/h3,5-8,11,25H,4,9-10H2,1-2H3. The Balaban J connectivity index is 2.10. The Hall–Kier alpha value is -2.85. The average molecular weight is 401 g/mol. The minimum absolute atomic E-state index is 0.150. The molecule has 146 valence electrons. The number of pyridine rings is 1. The molecule has 3 aromatic rings. The Labute approximate surface area is 160 Å². The second-order valence-electron chi connectivity index (χ2n) is 7.03. The van der Waals surface area contributed by atoms with E-state index >= 15 is 0 Å². The molecular formula is C18H19N5O4S. The van der Waals surface area contributed by atoms with Crippen LogP contribution in [0.1, 0.15) is 25.5 Å². The molecule has 1 N–H and O–H groups in total. The molecule has 4 heterocycles. The van der Waals surface area contributed by atoms with Crippen LogP contribution in [0.3, 0.4) is 0 Å². The topological polar surface area (TPSA) is 120 Å². The van der Waals surface area contributed by atoms with Crippen LogP contribution in [-0.2, 0) is 22.0 Å².